The highest BCUT2D eigenvalue weighted by atomic mass is 16.1. The van der Waals surface area contributed by atoms with Crippen molar-refractivity contribution in [1.82, 2.24) is 15.1 Å². The van der Waals surface area contributed by atoms with Crippen molar-refractivity contribution in [3.63, 3.8) is 0 Å². The second kappa shape index (κ2) is 11.7. The molecule has 1 amide bonds. The van der Waals surface area contributed by atoms with Crippen molar-refractivity contribution in [3.8, 4) is 0 Å². The van der Waals surface area contributed by atoms with Crippen molar-refractivity contribution >= 4 is 5.91 Å². The lowest BCUT2D eigenvalue weighted by molar-refractivity contribution is 0.0951. The zero-order valence-electron chi connectivity index (χ0n) is 20.7. The molecule has 0 unspecified atom stereocenters. The van der Waals surface area contributed by atoms with E-state index in [1.807, 2.05) is 12.1 Å². The van der Waals surface area contributed by atoms with Crippen LogP contribution in [0, 0.1) is 0 Å². The third-order valence-electron chi connectivity index (χ3n) is 7.41. The van der Waals surface area contributed by atoms with Crippen molar-refractivity contribution in [2.24, 2.45) is 0 Å². The van der Waals surface area contributed by atoms with Crippen LogP contribution in [0.1, 0.15) is 63.9 Å². The fraction of sp³-hybridized carbons (Fsp3) is 0.387. The van der Waals surface area contributed by atoms with Gasteiger partial charge in [0.2, 0.25) is 0 Å². The van der Waals surface area contributed by atoms with Crippen LogP contribution in [0.4, 0.5) is 0 Å². The monoisotopic (exact) mass is 467 g/mol. The zero-order chi connectivity index (χ0) is 23.9. The quantitative estimate of drug-likeness (QED) is 0.495. The Kier molecular flexibility index (Phi) is 7.92. The summed E-state index contributed by atoms with van der Waals surface area (Å²) in [6, 6.07) is 25.5. The number of amides is 1. The summed E-state index contributed by atoms with van der Waals surface area (Å²) >= 11 is 0. The van der Waals surface area contributed by atoms with Gasteiger partial charge in [-0.1, -0.05) is 73.5 Å². The summed E-state index contributed by atoms with van der Waals surface area (Å²) in [5, 5.41) is 3.08. The Morgan fingerprint density at radius 1 is 0.657 bits per heavy atom. The molecule has 35 heavy (non-hydrogen) atoms. The first kappa shape index (κ1) is 23.8. The smallest absolute Gasteiger partial charge is 0.251 e. The summed E-state index contributed by atoms with van der Waals surface area (Å²) in [7, 11) is 0. The number of carbonyl (C=O) groups is 1. The molecule has 0 bridgehead atoms. The lowest BCUT2D eigenvalue weighted by Gasteiger charge is -2.28. The maximum absolute atomic E-state index is 12.7. The molecule has 5 rings (SSSR count). The SMILES string of the molecule is O=C(NCc1ccc(CN2CCCCCC2)cc1)c1ccc(CN2CCc3ccccc3C2)cc1. The molecule has 0 aromatic heterocycles. The number of rotatable bonds is 7. The fourth-order valence-corrected chi connectivity index (χ4v) is 5.31. The van der Waals surface area contributed by atoms with Crippen LogP contribution in [0.3, 0.4) is 0 Å². The molecular weight excluding hydrogens is 430 g/mol. The third-order valence-corrected chi connectivity index (χ3v) is 7.41. The molecule has 2 aliphatic rings. The molecule has 182 valence electrons. The average molecular weight is 468 g/mol. The highest BCUT2D eigenvalue weighted by Crippen LogP contribution is 2.20. The van der Waals surface area contributed by atoms with Gasteiger partial charge in [-0.05, 0) is 72.3 Å². The van der Waals surface area contributed by atoms with Crippen molar-refractivity contribution in [3.05, 3.63) is 106 Å². The summed E-state index contributed by atoms with van der Waals surface area (Å²) in [4.78, 5) is 17.7. The molecule has 0 spiro atoms. The van der Waals surface area contributed by atoms with Crippen LogP contribution in [0.15, 0.2) is 72.8 Å². The molecule has 2 heterocycles. The number of hydrogen-bond donors (Lipinski definition) is 1. The van der Waals surface area contributed by atoms with E-state index in [0.29, 0.717) is 6.54 Å². The predicted octanol–water partition coefficient (Wildman–Crippen LogP) is 5.55. The molecule has 1 fully saturated rings. The molecule has 1 N–H and O–H groups in total. The molecule has 1 saturated heterocycles. The van der Waals surface area contributed by atoms with Gasteiger partial charge < -0.3 is 5.32 Å². The maximum Gasteiger partial charge on any atom is 0.251 e. The van der Waals surface area contributed by atoms with Gasteiger partial charge in [0.25, 0.3) is 5.91 Å². The maximum atomic E-state index is 12.7. The molecular formula is C31H37N3O. The minimum atomic E-state index is -0.0166. The lowest BCUT2D eigenvalue weighted by atomic mass is 9.99. The van der Waals surface area contributed by atoms with Gasteiger partial charge in [-0.15, -0.1) is 0 Å². The molecule has 2 aliphatic heterocycles. The van der Waals surface area contributed by atoms with Crippen LogP contribution < -0.4 is 5.32 Å². The first-order chi connectivity index (χ1) is 17.2. The Balaban J connectivity index is 1.09. The van der Waals surface area contributed by atoms with Gasteiger partial charge in [-0.2, -0.15) is 0 Å². The lowest BCUT2D eigenvalue weighted by Crippen LogP contribution is -2.30. The fourth-order valence-electron chi connectivity index (χ4n) is 5.31. The van der Waals surface area contributed by atoms with Gasteiger partial charge in [-0.3, -0.25) is 14.6 Å². The minimum Gasteiger partial charge on any atom is -0.348 e. The number of likely N-dealkylation sites (tertiary alicyclic amines) is 1. The van der Waals surface area contributed by atoms with Crippen molar-refractivity contribution in [2.45, 2.75) is 58.3 Å². The van der Waals surface area contributed by atoms with Crippen LogP contribution in [-0.4, -0.2) is 35.3 Å². The molecule has 0 radical (unpaired) electrons. The number of benzene rings is 3. The largest absolute Gasteiger partial charge is 0.348 e. The third kappa shape index (κ3) is 6.59. The Morgan fingerprint density at radius 2 is 1.26 bits per heavy atom. The number of fused-ring (bicyclic) bond motifs is 1. The Labute approximate surface area is 210 Å². The molecule has 3 aromatic carbocycles. The minimum absolute atomic E-state index is 0.0166. The van der Waals surface area contributed by atoms with Gasteiger partial charge in [0.15, 0.2) is 0 Å². The molecule has 3 aromatic rings. The van der Waals surface area contributed by atoms with E-state index in [1.165, 1.54) is 61.0 Å². The van der Waals surface area contributed by atoms with Crippen molar-refractivity contribution < 1.29 is 4.79 Å². The van der Waals surface area contributed by atoms with E-state index in [2.05, 4.69) is 75.8 Å². The summed E-state index contributed by atoms with van der Waals surface area (Å²) < 4.78 is 0. The van der Waals surface area contributed by atoms with Crippen molar-refractivity contribution in [2.75, 3.05) is 19.6 Å². The second-order valence-corrected chi connectivity index (χ2v) is 10.1. The molecule has 0 saturated carbocycles. The molecule has 0 aliphatic carbocycles. The first-order valence-corrected chi connectivity index (χ1v) is 13.2. The Bertz CT molecular complexity index is 1100. The number of hydrogen-bond acceptors (Lipinski definition) is 3. The number of nitrogens with one attached hydrogen (secondary N) is 1. The average Bonchev–Trinajstić information content (AvgIpc) is 3.17. The zero-order valence-corrected chi connectivity index (χ0v) is 20.7. The number of carbonyl (C=O) groups excluding carboxylic acids is 1. The summed E-state index contributed by atoms with van der Waals surface area (Å²) in [5.74, 6) is -0.0166. The topological polar surface area (TPSA) is 35.6 Å². The normalized spacial score (nSPS) is 16.9. The van der Waals surface area contributed by atoms with Crippen LogP contribution in [-0.2, 0) is 32.6 Å². The second-order valence-electron chi connectivity index (χ2n) is 10.1. The highest BCUT2D eigenvalue weighted by Gasteiger charge is 2.16. The van der Waals surface area contributed by atoms with E-state index in [0.717, 1.165) is 43.7 Å². The van der Waals surface area contributed by atoms with Gasteiger partial charge in [0.1, 0.15) is 0 Å². The van der Waals surface area contributed by atoms with E-state index in [1.54, 1.807) is 0 Å². The van der Waals surface area contributed by atoms with Gasteiger partial charge >= 0.3 is 0 Å². The van der Waals surface area contributed by atoms with Gasteiger partial charge in [-0.25, -0.2) is 0 Å². The highest BCUT2D eigenvalue weighted by molar-refractivity contribution is 5.94. The summed E-state index contributed by atoms with van der Waals surface area (Å²) in [6.07, 6.45) is 6.47. The van der Waals surface area contributed by atoms with E-state index in [-0.39, 0.29) is 5.91 Å². The van der Waals surface area contributed by atoms with Crippen LogP contribution >= 0.6 is 0 Å². The van der Waals surface area contributed by atoms with Crippen LogP contribution in [0.2, 0.25) is 0 Å². The standard InChI is InChI=1S/C31H37N3O/c35-31(32-21-25-9-11-26(12-10-25)22-33-18-5-1-2-6-19-33)29-15-13-27(14-16-29)23-34-20-17-28-7-3-4-8-30(28)24-34/h3-4,7-16H,1-2,5-6,17-24H2,(H,32,35). The van der Waals surface area contributed by atoms with E-state index < -0.39 is 0 Å². The van der Waals surface area contributed by atoms with E-state index >= 15 is 0 Å². The molecule has 4 heteroatoms. The van der Waals surface area contributed by atoms with E-state index in [9.17, 15) is 4.79 Å². The molecule has 0 atom stereocenters. The predicted molar refractivity (Wildman–Crippen MR) is 142 cm³/mol. The Morgan fingerprint density at radius 3 is 1.97 bits per heavy atom. The van der Waals surface area contributed by atoms with Crippen LogP contribution in [0.25, 0.3) is 0 Å². The summed E-state index contributed by atoms with van der Waals surface area (Å²) in [5.41, 5.74) is 7.37. The first-order valence-electron chi connectivity index (χ1n) is 13.2. The summed E-state index contributed by atoms with van der Waals surface area (Å²) in [6.45, 7) is 7.00. The number of nitrogens with zero attached hydrogens (tertiary/aromatic N) is 2. The van der Waals surface area contributed by atoms with E-state index in [4.69, 9.17) is 0 Å². The Hall–Kier alpha value is -2.95. The van der Waals surface area contributed by atoms with Crippen molar-refractivity contribution in [1.29, 1.82) is 0 Å². The molecule has 4 nitrogen and oxygen atoms in total. The van der Waals surface area contributed by atoms with Gasteiger partial charge in [0.05, 0.1) is 0 Å². The van der Waals surface area contributed by atoms with Gasteiger partial charge in [0, 0.05) is 38.3 Å². The van der Waals surface area contributed by atoms with Crippen LogP contribution in [0.5, 0.6) is 0 Å².